The molecule has 0 unspecified atom stereocenters. The number of rotatable bonds is 2. The molecule has 0 amide bonds. The van der Waals surface area contributed by atoms with Crippen LogP contribution >= 0.6 is 11.6 Å². The molecule has 0 spiro atoms. The summed E-state index contributed by atoms with van der Waals surface area (Å²) in [4.78, 5) is 0.351. The SMILES string of the molecule is CS(=O)(=O)c1ccccc1C1=CCC(Cl)=C1. The first kappa shape index (κ1) is 11.4. The van der Waals surface area contributed by atoms with Gasteiger partial charge >= 0.3 is 0 Å². The topological polar surface area (TPSA) is 34.1 Å². The monoisotopic (exact) mass is 254 g/mol. The Labute approximate surface area is 100 Å². The van der Waals surface area contributed by atoms with Crippen LogP contribution in [0.4, 0.5) is 0 Å². The Morgan fingerprint density at radius 1 is 1.25 bits per heavy atom. The van der Waals surface area contributed by atoms with Crippen LogP contribution in [0.1, 0.15) is 12.0 Å². The maximum Gasteiger partial charge on any atom is 0.176 e. The predicted molar refractivity (Wildman–Crippen MR) is 66.1 cm³/mol. The Kier molecular flexibility index (Phi) is 2.91. The summed E-state index contributed by atoms with van der Waals surface area (Å²) in [6.07, 6.45) is 5.64. The van der Waals surface area contributed by atoms with Gasteiger partial charge in [-0.05, 0) is 17.7 Å². The van der Waals surface area contributed by atoms with Crippen molar-refractivity contribution in [1.82, 2.24) is 0 Å². The summed E-state index contributed by atoms with van der Waals surface area (Å²) in [5, 5.41) is 0.735. The fourth-order valence-electron chi connectivity index (χ4n) is 1.71. The number of hydrogen-bond acceptors (Lipinski definition) is 2. The van der Waals surface area contributed by atoms with Crippen molar-refractivity contribution in [1.29, 1.82) is 0 Å². The van der Waals surface area contributed by atoms with Crippen molar-refractivity contribution in [3.63, 3.8) is 0 Å². The van der Waals surface area contributed by atoms with Crippen LogP contribution < -0.4 is 0 Å². The van der Waals surface area contributed by atoms with Gasteiger partial charge in [0, 0.05) is 23.3 Å². The largest absolute Gasteiger partial charge is 0.224 e. The Balaban J connectivity index is 2.59. The van der Waals surface area contributed by atoms with E-state index in [9.17, 15) is 8.42 Å². The molecule has 0 atom stereocenters. The lowest BCUT2D eigenvalue weighted by atomic mass is 10.1. The highest BCUT2D eigenvalue weighted by Gasteiger charge is 2.16. The Morgan fingerprint density at radius 3 is 2.50 bits per heavy atom. The summed E-state index contributed by atoms with van der Waals surface area (Å²) in [6.45, 7) is 0. The third-order valence-corrected chi connectivity index (χ3v) is 3.84. The second-order valence-electron chi connectivity index (χ2n) is 3.72. The molecule has 0 N–H and O–H groups in total. The summed E-state index contributed by atoms with van der Waals surface area (Å²) in [5.74, 6) is 0. The first-order chi connectivity index (χ1) is 7.48. The standard InChI is InChI=1S/C12H11ClO2S/c1-16(14,15)12-5-3-2-4-11(12)9-6-7-10(13)8-9/h2-6,8H,7H2,1H3. The van der Waals surface area contributed by atoms with E-state index in [4.69, 9.17) is 11.6 Å². The highest BCUT2D eigenvalue weighted by Crippen LogP contribution is 2.31. The van der Waals surface area contributed by atoms with Crippen molar-refractivity contribution in [2.45, 2.75) is 11.3 Å². The van der Waals surface area contributed by atoms with Gasteiger partial charge in [-0.3, -0.25) is 0 Å². The lowest BCUT2D eigenvalue weighted by molar-refractivity contribution is 0.601. The van der Waals surface area contributed by atoms with E-state index in [1.807, 2.05) is 18.2 Å². The van der Waals surface area contributed by atoms with Gasteiger partial charge in [0.25, 0.3) is 0 Å². The number of halogens is 1. The lowest BCUT2D eigenvalue weighted by Gasteiger charge is -2.06. The summed E-state index contributed by atoms with van der Waals surface area (Å²) < 4.78 is 23.2. The summed E-state index contributed by atoms with van der Waals surface area (Å²) in [7, 11) is -3.20. The molecule has 1 aliphatic carbocycles. The molecule has 1 aromatic carbocycles. The van der Waals surface area contributed by atoms with Gasteiger partial charge in [-0.1, -0.05) is 35.9 Å². The normalized spacial score (nSPS) is 15.9. The molecule has 0 radical (unpaired) electrons. The van der Waals surface area contributed by atoms with Gasteiger partial charge < -0.3 is 0 Å². The second-order valence-corrected chi connectivity index (χ2v) is 6.19. The van der Waals surface area contributed by atoms with Crippen molar-refractivity contribution in [3.05, 3.63) is 47.0 Å². The molecule has 4 heteroatoms. The minimum Gasteiger partial charge on any atom is -0.224 e. The first-order valence-electron chi connectivity index (χ1n) is 4.84. The van der Waals surface area contributed by atoms with Gasteiger partial charge in [0.05, 0.1) is 4.90 Å². The van der Waals surface area contributed by atoms with Crippen molar-refractivity contribution < 1.29 is 8.42 Å². The van der Waals surface area contributed by atoms with E-state index in [0.717, 1.165) is 16.2 Å². The molecule has 0 saturated heterocycles. The quantitative estimate of drug-likeness (QED) is 0.813. The molecular formula is C12H11ClO2S. The molecule has 0 saturated carbocycles. The summed E-state index contributed by atoms with van der Waals surface area (Å²) in [5.41, 5.74) is 1.60. The van der Waals surface area contributed by atoms with Gasteiger partial charge in [0.2, 0.25) is 0 Å². The van der Waals surface area contributed by atoms with Crippen LogP contribution in [0.25, 0.3) is 5.57 Å². The predicted octanol–water partition coefficient (Wildman–Crippen LogP) is 3.00. The molecule has 84 valence electrons. The van der Waals surface area contributed by atoms with E-state index < -0.39 is 9.84 Å². The fraction of sp³-hybridized carbons (Fsp3) is 0.167. The van der Waals surface area contributed by atoms with Gasteiger partial charge in [-0.2, -0.15) is 0 Å². The number of benzene rings is 1. The maximum absolute atomic E-state index is 11.6. The van der Waals surface area contributed by atoms with Gasteiger partial charge in [0.1, 0.15) is 0 Å². The van der Waals surface area contributed by atoms with E-state index in [1.165, 1.54) is 6.26 Å². The zero-order valence-corrected chi connectivity index (χ0v) is 10.3. The zero-order chi connectivity index (χ0) is 11.8. The lowest BCUT2D eigenvalue weighted by Crippen LogP contribution is -2.00. The van der Waals surface area contributed by atoms with Crippen LogP contribution in [-0.2, 0) is 9.84 Å². The smallest absolute Gasteiger partial charge is 0.176 e. The molecule has 0 aliphatic heterocycles. The molecule has 2 nitrogen and oxygen atoms in total. The Morgan fingerprint density at radius 2 is 1.94 bits per heavy atom. The molecule has 1 aliphatic rings. The minimum absolute atomic E-state index is 0.351. The van der Waals surface area contributed by atoms with Crippen LogP contribution in [0.15, 0.2) is 46.3 Å². The Bertz CT molecular complexity index is 583. The van der Waals surface area contributed by atoms with E-state index in [1.54, 1.807) is 18.2 Å². The molecule has 2 rings (SSSR count). The third kappa shape index (κ3) is 2.20. The van der Waals surface area contributed by atoms with Crippen LogP contribution in [0.3, 0.4) is 0 Å². The average molecular weight is 255 g/mol. The van der Waals surface area contributed by atoms with Gasteiger partial charge in [-0.25, -0.2) is 8.42 Å². The van der Waals surface area contributed by atoms with Crippen molar-refractivity contribution >= 4 is 27.0 Å². The second kappa shape index (κ2) is 4.07. The van der Waals surface area contributed by atoms with Gasteiger partial charge in [-0.15, -0.1) is 0 Å². The highest BCUT2D eigenvalue weighted by molar-refractivity contribution is 7.90. The first-order valence-corrected chi connectivity index (χ1v) is 7.11. The van der Waals surface area contributed by atoms with Crippen LogP contribution in [0, 0.1) is 0 Å². The van der Waals surface area contributed by atoms with Crippen molar-refractivity contribution in [2.75, 3.05) is 6.26 Å². The fourth-order valence-corrected chi connectivity index (χ4v) is 2.82. The molecule has 0 heterocycles. The Hall–Kier alpha value is -1.06. The van der Waals surface area contributed by atoms with E-state index >= 15 is 0 Å². The summed E-state index contributed by atoms with van der Waals surface area (Å²) >= 11 is 5.88. The number of allylic oxidation sites excluding steroid dienone is 4. The van der Waals surface area contributed by atoms with Crippen LogP contribution in [0.5, 0.6) is 0 Å². The van der Waals surface area contributed by atoms with Crippen LogP contribution in [0.2, 0.25) is 0 Å². The van der Waals surface area contributed by atoms with E-state index in [-0.39, 0.29) is 0 Å². The highest BCUT2D eigenvalue weighted by atomic mass is 35.5. The maximum atomic E-state index is 11.6. The number of sulfone groups is 1. The molecule has 16 heavy (non-hydrogen) atoms. The minimum atomic E-state index is -3.20. The van der Waals surface area contributed by atoms with E-state index in [0.29, 0.717) is 11.3 Å². The van der Waals surface area contributed by atoms with Crippen LogP contribution in [-0.4, -0.2) is 14.7 Å². The third-order valence-electron chi connectivity index (χ3n) is 2.43. The van der Waals surface area contributed by atoms with Crippen molar-refractivity contribution in [3.8, 4) is 0 Å². The van der Waals surface area contributed by atoms with E-state index in [2.05, 4.69) is 0 Å². The number of hydrogen-bond donors (Lipinski definition) is 0. The average Bonchev–Trinajstić information content (AvgIpc) is 2.64. The summed E-state index contributed by atoms with van der Waals surface area (Å²) in [6, 6.07) is 6.96. The molecule has 0 fully saturated rings. The van der Waals surface area contributed by atoms with Crippen molar-refractivity contribution in [2.24, 2.45) is 0 Å². The zero-order valence-electron chi connectivity index (χ0n) is 8.77. The van der Waals surface area contributed by atoms with Gasteiger partial charge in [0.15, 0.2) is 9.84 Å². The molecule has 0 bridgehead atoms. The molecule has 1 aromatic rings. The molecule has 0 aromatic heterocycles. The molecular weight excluding hydrogens is 244 g/mol.